The van der Waals surface area contributed by atoms with Crippen LogP contribution in [0.15, 0.2) is 170 Å². The van der Waals surface area contributed by atoms with E-state index in [0.717, 1.165) is 0 Å². The van der Waals surface area contributed by atoms with Crippen molar-refractivity contribution < 1.29 is 0 Å². The summed E-state index contributed by atoms with van der Waals surface area (Å²) in [6.45, 7) is 0. The molecule has 2 heterocycles. The summed E-state index contributed by atoms with van der Waals surface area (Å²) in [5, 5.41) is 16.0. The van der Waals surface area contributed by atoms with Crippen molar-refractivity contribution in [3.05, 3.63) is 170 Å². The van der Waals surface area contributed by atoms with E-state index in [-0.39, 0.29) is 0 Å². The Bertz CT molecular complexity index is 3560. The maximum Gasteiger partial charge on any atom is 0.0440 e. The highest BCUT2D eigenvalue weighted by Gasteiger charge is 2.22. The molecular weight excluding hydrogens is 689 g/mol. The van der Waals surface area contributed by atoms with Gasteiger partial charge in [0, 0.05) is 45.7 Å². The highest BCUT2D eigenvalue weighted by Crippen LogP contribution is 2.50. The average Bonchev–Trinajstić information content (AvgIpc) is 3.91. The second kappa shape index (κ2) is 10.6. The van der Waals surface area contributed by atoms with Crippen molar-refractivity contribution in [3.63, 3.8) is 0 Å². The Hall–Kier alpha value is -6.32. The summed E-state index contributed by atoms with van der Waals surface area (Å²) in [6.07, 6.45) is 0. The average molecular weight is 717 g/mol. The zero-order valence-electron chi connectivity index (χ0n) is 29.0. The van der Waals surface area contributed by atoms with Crippen LogP contribution in [-0.4, -0.2) is 0 Å². The van der Waals surface area contributed by atoms with Gasteiger partial charge >= 0.3 is 0 Å². The van der Waals surface area contributed by atoms with Crippen molar-refractivity contribution in [2.75, 3.05) is 0 Å². The minimum absolute atomic E-state index is 1.25. The second-order valence-corrected chi connectivity index (χ2v) is 16.9. The molecule has 0 saturated heterocycles. The first-order valence-corrected chi connectivity index (χ1v) is 20.2. The van der Waals surface area contributed by atoms with E-state index >= 15 is 0 Å². The highest BCUT2D eigenvalue weighted by molar-refractivity contribution is 7.27. The molecule has 12 aromatic rings. The van der Waals surface area contributed by atoms with Gasteiger partial charge in [-0.05, 0) is 119 Å². The van der Waals surface area contributed by atoms with Crippen LogP contribution in [0.5, 0.6) is 0 Å². The largest absolute Gasteiger partial charge is 0.135 e. The third-order valence-corrected chi connectivity index (χ3v) is 14.4. The molecule has 0 spiro atoms. The van der Waals surface area contributed by atoms with E-state index in [9.17, 15) is 0 Å². The maximum atomic E-state index is 2.43. The monoisotopic (exact) mass is 716 g/mol. The summed E-state index contributed by atoms with van der Waals surface area (Å²) >= 11 is 3.81. The van der Waals surface area contributed by atoms with Gasteiger partial charge in [0.15, 0.2) is 0 Å². The van der Waals surface area contributed by atoms with E-state index in [2.05, 4.69) is 170 Å². The first-order valence-electron chi connectivity index (χ1n) is 18.6. The van der Waals surface area contributed by atoms with Gasteiger partial charge in [0.05, 0.1) is 0 Å². The van der Waals surface area contributed by atoms with Gasteiger partial charge in [0.2, 0.25) is 0 Å². The Morgan fingerprint density at radius 3 is 1.59 bits per heavy atom. The normalized spacial score (nSPS) is 12.4. The van der Waals surface area contributed by atoms with Gasteiger partial charge < -0.3 is 0 Å². The quantitative estimate of drug-likeness (QED) is 0.156. The van der Waals surface area contributed by atoms with E-state index in [1.807, 2.05) is 22.7 Å². The van der Waals surface area contributed by atoms with Crippen LogP contribution in [0.4, 0.5) is 0 Å². The molecule has 1 aliphatic carbocycles. The molecule has 2 heteroatoms. The van der Waals surface area contributed by atoms with Crippen LogP contribution < -0.4 is 0 Å². The van der Waals surface area contributed by atoms with Gasteiger partial charge in [-0.15, -0.1) is 22.7 Å². The molecule has 0 fully saturated rings. The van der Waals surface area contributed by atoms with Crippen molar-refractivity contribution in [2.24, 2.45) is 0 Å². The predicted molar refractivity (Wildman–Crippen MR) is 238 cm³/mol. The number of hydrogen-bond acceptors (Lipinski definition) is 2. The minimum atomic E-state index is 1.25. The summed E-state index contributed by atoms with van der Waals surface area (Å²) in [5.41, 5.74) is 10.4. The summed E-state index contributed by atoms with van der Waals surface area (Å²) in [6, 6.07) is 64.1. The number of fused-ring (bicyclic) bond motifs is 16. The first kappa shape index (κ1) is 29.2. The molecule has 0 saturated carbocycles. The van der Waals surface area contributed by atoms with E-state index in [4.69, 9.17) is 0 Å². The van der Waals surface area contributed by atoms with Gasteiger partial charge in [0.1, 0.15) is 0 Å². The maximum absolute atomic E-state index is 2.43. The summed E-state index contributed by atoms with van der Waals surface area (Å²) in [5.74, 6) is 0. The van der Waals surface area contributed by atoms with Gasteiger partial charge in [-0.3, -0.25) is 0 Å². The fraction of sp³-hybridized carbons (Fsp3) is 0. The lowest BCUT2D eigenvalue weighted by Gasteiger charge is -2.13. The molecule has 10 aromatic carbocycles. The zero-order valence-corrected chi connectivity index (χ0v) is 30.6. The Kier molecular flexibility index (Phi) is 5.75. The number of thiophene rings is 2. The van der Waals surface area contributed by atoms with Crippen LogP contribution in [-0.2, 0) is 0 Å². The molecule has 0 unspecified atom stereocenters. The molecule has 0 bridgehead atoms. The molecule has 0 amide bonds. The lowest BCUT2D eigenvalue weighted by atomic mass is 9.91. The Labute approximate surface area is 318 Å². The van der Waals surface area contributed by atoms with Crippen LogP contribution >= 0.6 is 22.7 Å². The van der Waals surface area contributed by atoms with Crippen molar-refractivity contribution in [2.45, 2.75) is 0 Å². The van der Waals surface area contributed by atoms with Crippen molar-refractivity contribution >= 4 is 106 Å². The van der Waals surface area contributed by atoms with Crippen molar-refractivity contribution in [1.29, 1.82) is 0 Å². The molecule has 0 aliphatic heterocycles. The van der Waals surface area contributed by atoms with Gasteiger partial charge in [-0.1, -0.05) is 133 Å². The molecule has 0 atom stereocenters. The Morgan fingerprint density at radius 2 is 0.759 bits per heavy atom. The summed E-state index contributed by atoms with van der Waals surface area (Å²) in [4.78, 5) is 0. The van der Waals surface area contributed by atoms with E-state index in [0.29, 0.717) is 0 Å². The van der Waals surface area contributed by atoms with Crippen molar-refractivity contribution in [1.82, 2.24) is 0 Å². The Balaban J connectivity index is 0.987. The van der Waals surface area contributed by atoms with Gasteiger partial charge in [0.25, 0.3) is 0 Å². The predicted octanol–water partition coefficient (Wildman–Crippen LogP) is 16.0. The van der Waals surface area contributed by atoms with E-state index in [1.165, 1.54) is 128 Å². The van der Waals surface area contributed by atoms with Crippen LogP contribution in [0.25, 0.3) is 128 Å². The highest BCUT2D eigenvalue weighted by atomic mass is 32.1. The lowest BCUT2D eigenvalue weighted by Crippen LogP contribution is -1.85. The zero-order chi connectivity index (χ0) is 35.1. The Morgan fingerprint density at radius 1 is 0.241 bits per heavy atom. The van der Waals surface area contributed by atoms with Gasteiger partial charge in [-0.25, -0.2) is 0 Å². The second-order valence-electron chi connectivity index (χ2n) is 14.7. The summed E-state index contributed by atoms with van der Waals surface area (Å²) < 4.78 is 5.38. The fourth-order valence-corrected chi connectivity index (χ4v) is 11.9. The smallest absolute Gasteiger partial charge is 0.0440 e. The molecule has 54 heavy (non-hydrogen) atoms. The number of rotatable bonds is 2. The minimum Gasteiger partial charge on any atom is -0.135 e. The van der Waals surface area contributed by atoms with Crippen LogP contribution in [0.2, 0.25) is 0 Å². The van der Waals surface area contributed by atoms with E-state index in [1.54, 1.807) is 0 Å². The molecule has 0 nitrogen and oxygen atoms in total. The third kappa shape index (κ3) is 3.86. The molecule has 13 rings (SSSR count). The first-order chi connectivity index (χ1) is 26.8. The van der Waals surface area contributed by atoms with Gasteiger partial charge in [-0.2, -0.15) is 0 Å². The number of benzene rings is 10. The fourth-order valence-electron chi connectivity index (χ4n) is 9.58. The molecular formula is C52H28S2. The number of hydrogen-bond donors (Lipinski definition) is 0. The SMILES string of the molecule is c1ccc2c(c1)-c1cccc3c(-c4ccc5sc6ccc(-c7ccc8c(c7)c7ccccc7c7c8ccc8c9ccccc9sc87)cc6c5c4)ccc-2c13. The lowest BCUT2D eigenvalue weighted by molar-refractivity contribution is 1.69. The molecule has 0 N–H and O–H groups in total. The van der Waals surface area contributed by atoms with Crippen LogP contribution in [0.1, 0.15) is 0 Å². The standard InChI is InChI=1S/C52H28S2/c1-2-9-34-33(8-1)39-14-7-13-38-32(20-21-41(34)50(38)39)31-18-25-49-46(28-31)45-27-30(17-24-48(45)53-49)29-16-19-36-42-22-23-43-37-11-5-6-15-47(37)54-52(43)51(42)40-12-4-3-10-35(40)44(36)26-29/h1-28H. The van der Waals surface area contributed by atoms with Crippen LogP contribution in [0, 0.1) is 0 Å². The topological polar surface area (TPSA) is 0 Å². The van der Waals surface area contributed by atoms with Crippen LogP contribution in [0.3, 0.4) is 0 Å². The molecule has 248 valence electrons. The third-order valence-electron chi connectivity index (χ3n) is 12.0. The molecule has 1 aliphatic rings. The van der Waals surface area contributed by atoms with E-state index < -0.39 is 0 Å². The molecule has 2 aromatic heterocycles. The summed E-state index contributed by atoms with van der Waals surface area (Å²) in [7, 11) is 0. The van der Waals surface area contributed by atoms with Crippen molar-refractivity contribution in [3.8, 4) is 44.5 Å². The molecule has 0 radical (unpaired) electrons.